The summed E-state index contributed by atoms with van der Waals surface area (Å²) in [5.41, 5.74) is 1.08. The monoisotopic (exact) mass is 515 g/mol. The lowest BCUT2D eigenvalue weighted by Gasteiger charge is -2.21. The fraction of sp³-hybridized carbons (Fsp3) is 0.182. The fourth-order valence-electron chi connectivity index (χ4n) is 3.20. The normalized spacial score (nSPS) is 11.8. The summed E-state index contributed by atoms with van der Waals surface area (Å²) in [5.74, 6) is -2.10. The maximum atomic E-state index is 13.4. The number of thiophene rings is 1. The highest BCUT2D eigenvalue weighted by Gasteiger charge is 2.27. The molecule has 0 aliphatic rings. The molecule has 3 heterocycles. The number of carbonyl (C=O) groups excluding carboxylic acids is 3. The zero-order chi connectivity index (χ0) is 25.1. The van der Waals surface area contributed by atoms with Gasteiger partial charge in [-0.05, 0) is 40.1 Å². The standard InChI is InChI=1S/C22H19ClFN7O3S/c1-30(2)21(34)18(13-5-6-35-10-13)29-20(33)17-8-16(28-22-26-11-27-31(17)22)19(32)25-9-12-3-4-15(24)14(23)7-12/h3-8,10-11,18H,9H2,1-2H3,(H,25,32)(H,29,33)/t18-/m1/s1. The summed E-state index contributed by atoms with van der Waals surface area (Å²) >= 11 is 7.18. The van der Waals surface area contributed by atoms with Crippen LogP contribution in [0, 0.1) is 5.82 Å². The molecular weight excluding hydrogens is 497 g/mol. The number of aromatic nitrogens is 4. The van der Waals surface area contributed by atoms with Crippen molar-refractivity contribution in [3.63, 3.8) is 0 Å². The van der Waals surface area contributed by atoms with Crippen molar-refractivity contribution in [3.05, 3.63) is 80.8 Å². The number of nitrogens with zero attached hydrogens (tertiary/aromatic N) is 5. The Morgan fingerprint density at radius 1 is 1.20 bits per heavy atom. The first kappa shape index (κ1) is 24.2. The molecule has 2 N–H and O–H groups in total. The van der Waals surface area contributed by atoms with Gasteiger partial charge < -0.3 is 15.5 Å². The van der Waals surface area contributed by atoms with Crippen molar-refractivity contribution in [1.29, 1.82) is 0 Å². The Morgan fingerprint density at radius 2 is 2.00 bits per heavy atom. The minimum Gasteiger partial charge on any atom is -0.347 e. The van der Waals surface area contributed by atoms with Crippen LogP contribution in [0.25, 0.3) is 5.78 Å². The Labute approximate surface area is 207 Å². The minimum atomic E-state index is -0.934. The number of hydrogen-bond donors (Lipinski definition) is 2. The molecule has 3 aromatic heterocycles. The lowest BCUT2D eigenvalue weighted by molar-refractivity contribution is -0.130. The first-order chi connectivity index (χ1) is 16.7. The molecule has 0 aliphatic carbocycles. The van der Waals surface area contributed by atoms with Crippen LogP contribution in [0.5, 0.6) is 0 Å². The largest absolute Gasteiger partial charge is 0.347 e. The van der Waals surface area contributed by atoms with Gasteiger partial charge in [-0.15, -0.1) is 0 Å². The second kappa shape index (κ2) is 10.2. The van der Waals surface area contributed by atoms with Gasteiger partial charge in [-0.25, -0.2) is 9.37 Å². The number of rotatable bonds is 7. The number of amides is 3. The van der Waals surface area contributed by atoms with Crippen LogP contribution in [0.15, 0.2) is 47.4 Å². The summed E-state index contributed by atoms with van der Waals surface area (Å²) in [7, 11) is 3.18. The predicted octanol–water partition coefficient (Wildman–Crippen LogP) is 2.47. The van der Waals surface area contributed by atoms with E-state index in [1.165, 1.54) is 51.3 Å². The molecule has 1 aromatic carbocycles. The van der Waals surface area contributed by atoms with E-state index in [4.69, 9.17) is 11.6 Å². The second-order valence-corrected chi connectivity index (χ2v) is 8.81. The van der Waals surface area contributed by atoms with E-state index in [0.29, 0.717) is 11.1 Å². The highest BCUT2D eigenvalue weighted by Crippen LogP contribution is 2.20. The van der Waals surface area contributed by atoms with Crippen molar-refractivity contribution in [1.82, 2.24) is 35.1 Å². The van der Waals surface area contributed by atoms with E-state index in [1.807, 2.05) is 0 Å². The number of benzene rings is 1. The zero-order valence-corrected chi connectivity index (χ0v) is 20.1. The summed E-state index contributed by atoms with van der Waals surface area (Å²) < 4.78 is 14.5. The van der Waals surface area contributed by atoms with Gasteiger partial charge in [-0.1, -0.05) is 17.7 Å². The molecule has 1 atom stereocenters. The Morgan fingerprint density at radius 3 is 2.69 bits per heavy atom. The Balaban J connectivity index is 1.59. The molecule has 3 amide bonds. The van der Waals surface area contributed by atoms with Crippen molar-refractivity contribution in [2.24, 2.45) is 0 Å². The van der Waals surface area contributed by atoms with E-state index in [-0.39, 0.29) is 34.6 Å². The summed E-state index contributed by atoms with van der Waals surface area (Å²) in [6.45, 7) is 0.0531. The van der Waals surface area contributed by atoms with E-state index in [9.17, 15) is 18.8 Å². The van der Waals surface area contributed by atoms with Crippen LogP contribution in [0.1, 0.15) is 38.1 Å². The summed E-state index contributed by atoms with van der Waals surface area (Å²) in [6.07, 6.45) is 1.20. The molecule has 0 fully saturated rings. The van der Waals surface area contributed by atoms with E-state index in [0.717, 1.165) is 0 Å². The van der Waals surface area contributed by atoms with Gasteiger partial charge in [-0.3, -0.25) is 14.4 Å². The van der Waals surface area contributed by atoms with Gasteiger partial charge >= 0.3 is 0 Å². The topological polar surface area (TPSA) is 122 Å². The average Bonchev–Trinajstić information content (AvgIpc) is 3.54. The van der Waals surface area contributed by atoms with Gasteiger partial charge in [0.1, 0.15) is 29.6 Å². The number of hydrogen-bond acceptors (Lipinski definition) is 7. The van der Waals surface area contributed by atoms with Crippen molar-refractivity contribution < 1.29 is 18.8 Å². The lowest BCUT2D eigenvalue weighted by Crippen LogP contribution is -2.40. The zero-order valence-electron chi connectivity index (χ0n) is 18.5. The lowest BCUT2D eigenvalue weighted by atomic mass is 10.1. The second-order valence-electron chi connectivity index (χ2n) is 7.63. The first-order valence-electron chi connectivity index (χ1n) is 10.2. The van der Waals surface area contributed by atoms with E-state index >= 15 is 0 Å². The van der Waals surface area contributed by atoms with Crippen LogP contribution < -0.4 is 10.6 Å². The van der Waals surface area contributed by atoms with Crippen LogP contribution >= 0.6 is 22.9 Å². The maximum absolute atomic E-state index is 13.4. The van der Waals surface area contributed by atoms with Gasteiger partial charge in [-0.2, -0.15) is 25.9 Å². The van der Waals surface area contributed by atoms with E-state index < -0.39 is 23.7 Å². The average molecular weight is 516 g/mol. The van der Waals surface area contributed by atoms with Crippen molar-refractivity contribution >= 4 is 46.4 Å². The molecule has 0 saturated heterocycles. The molecular formula is C22H19ClFN7O3S. The van der Waals surface area contributed by atoms with Crippen molar-refractivity contribution in [2.45, 2.75) is 12.6 Å². The molecule has 0 aliphatic heterocycles. The Bertz CT molecular complexity index is 1410. The van der Waals surface area contributed by atoms with Gasteiger partial charge in [0.15, 0.2) is 0 Å². The molecule has 0 spiro atoms. The third kappa shape index (κ3) is 5.28. The molecule has 0 radical (unpaired) electrons. The molecule has 4 rings (SSSR count). The highest BCUT2D eigenvalue weighted by molar-refractivity contribution is 7.08. The molecule has 13 heteroatoms. The smallest absolute Gasteiger partial charge is 0.271 e. The molecule has 35 heavy (non-hydrogen) atoms. The number of carbonyl (C=O) groups is 3. The third-order valence-corrected chi connectivity index (χ3v) is 5.98. The SMILES string of the molecule is CN(C)C(=O)[C@H](NC(=O)c1cc(C(=O)NCc2ccc(F)c(Cl)c2)nc2ncnn12)c1ccsc1. The van der Waals surface area contributed by atoms with Gasteiger partial charge in [0.05, 0.1) is 5.02 Å². The van der Waals surface area contributed by atoms with Crippen molar-refractivity contribution in [3.8, 4) is 0 Å². The summed E-state index contributed by atoms with van der Waals surface area (Å²) in [6, 6.07) is 6.16. The maximum Gasteiger partial charge on any atom is 0.271 e. The summed E-state index contributed by atoms with van der Waals surface area (Å²) in [4.78, 5) is 48.3. The Hall–Kier alpha value is -3.90. The minimum absolute atomic E-state index is 0.0265. The predicted molar refractivity (Wildman–Crippen MR) is 127 cm³/mol. The third-order valence-electron chi connectivity index (χ3n) is 4.99. The van der Waals surface area contributed by atoms with Crippen LogP contribution in [-0.2, 0) is 11.3 Å². The van der Waals surface area contributed by atoms with Crippen LogP contribution in [0.4, 0.5) is 4.39 Å². The van der Waals surface area contributed by atoms with Crippen LogP contribution in [0.2, 0.25) is 5.02 Å². The Kier molecular flexibility index (Phi) is 7.03. The molecule has 4 aromatic rings. The van der Waals surface area contributed by atoms with Gasteiger partial charge in [0.2, 0.25) is 5.91 Å². The highest BCUT2D eigenvalue weighted by atomic mass is 35.5. The number of nitrogens with one attached hydrogen (secondary N) is 2. The molecule has 0 bridgehead atoms. The van der Waals surface area contributed by atoms with E-state index in [2.05, 4.69) is 25.7 Å². The fourth-order valence-corrected chi connectivity index (χ4v) is 4.09. The van der Waals surface area contributed by atoms with Crippen molar-refractivity contribution in [2.75, 3.05) is 14.1 Å². The van der Waals surface area contributed by atoms with Gasteiger partial charge in [0, 0.05) is 26.7 Å². The van der Waals surface area contributed by atoms with Crippen LogP contribution in [0.3, 0.4) is 0 Å². The molecule has 0 saturated carbocycles. The molecule has 0 unspecified atom stereocenters. The molecule has 10 nitrogen and oxygen atoms in total. The quantitative estimate of drug-likeness (QED) is 0.390. The number of fused-ring (bicyclic) bond motifs is 1. The summed E-state index contributed by atoms with van der Waals surface area (Å²) in [5, 5.41) is 12.9. The first-order valence-corrected chi connectivity index (χ1v) is 11.5. The number of halogens is 2. The van der Waals surface area contributed by atoms with Crippen LogP contribution in [-0.4, -0.2) is 56.3 Å². The number of likely N-dealkylation sites (N-methyl/N-ethyl adjacent to an activating group) is 1. The van der Waals surface area contributed by atoms with Gasteiger partial charge in [0.25, 0.3) is 17.6 Å². The van der Waals surface area contributed by atoms with E-state index in [1.54, 1.807) is 30.9 Å². The molecule has 180 valence electrons.